The summed E-state index contributed by atoms with van der Waals surface area (Å²) >= 11 is 0. The molecular weight excluding hydrogens is 937 g/mol. The average Bonchev–Trinajstić information content (AvgIpc) is 3.60. The maximum absolute atomic E-state index is 13.5. The van der Waals surface area contributed by atoms with Crippen LogP contribution in [0.4, 0.5) is 32.5 Å². The van der Waals surface area contributed by atoms with Crippen LogP contribution in [0.15, 0.2) is 72.9 Å². The second-order valence-electron chi connectivity index (χ2n) is 20.4. The summed E-state index contributed by atoms with van der Waals surface area (Å²) in [5, 5.41) is 26.6. The van der Waals surface area contributed by atoms with Gasteiger partial charge in [0.25, 0.3) is 0 Å². The highest BCUT2D eigenvalue weighted by Gasteiger charge is 2.52. The first-order valence-corrected chi connectivity index (χ1v) is 25.1. The Hall–Kier alpha value is -7.42. The van der Waals surface area contributed by atoms with Crippen LogP contribution in [0.1, 0.15) is 78.2 Å². The number of hydrogen-bond donors (Lipinski definition) is 6. The van der Waals surface area contributed by atoms with Gasteiger partial charge in [-0.1, -0.05) is 30.7 Å². The minimum Gasteiger partial charge on any atom is -0.488 e. The number of aromatic nitrogens is 3. The lowest BCUT2D eigenvalue weighted by molar-refractivity contribution is -0.162. The third-order valence-electron chi connectivity index (χ3n) is 14.1. The summed E-state index contributed by atoms with van der Waals surface area (Å²) in [6.45, 7) is 12.7. The monoisotopic (exact) mass is 1000 g/mol. The van der Waals surface area contributed by atoms with Gasteiger partial charge in [-0.25, -0.2) is 14.6 Å². The molecule has 5 amide bonds. The zero-order valence-corrected chi connectivity index (χ0v) is 42.0. The summed E-state index contributed by atoms with van der Waals surface area (Å²) in [5.74, 6) is -0.927. The topological polar surface area (TPSA) is 273 Å². The maximum atomic E-state index is 13.5. The van der Waals surface area contributed by atoms with E-state index in [0.29, 0.717) is 67.9 Å². The van der Waals surface area contributed by atoms with Gasteiger partial charge in [0, 0.05) is 93.1 Å². The summed E-state index contributed by atoms with van der Waals surface area (Å²) in [4.78, 5) is 75.8. The number of pyridine rings is 1. The molecule has 4 aliphatic rings. The van der Waals surface area contributed by atoms with Gasteiger partial charge in [-0.3, -0.25) is 19.3 Å². The van der Waals surface area contributed by atoms with Gasteiger partial charge in [0.15, 0.2) is 5.82 Å². The van der Waals surface area contributed by atoms with Crippen molar-refractivity contribution in [2.45, 2.75) is 109 Å². The second-order valence-corrected chi connectivity index (χ2v) is 20.4. The first-order chi connectivity index (χ1) is 35.0. The van der Waals surface area contributed by atoms with E-state index < -0.39 is 40.9 Å². The van der Waals surface area contributed by atoms with E-state index in [0.717, 1.165) is 55.0 Å². The molecule has 73 heavy (non-hydrogen) atoms. The van der Waals surface area contributed by atoms with Crippen molar-refractivity contribution in [2.75, 3.05) is 73.3 Å². The molecule has 4 fully saturated rings. The minimum absolute atomic E-state index is 0.142. The zero-order valence-electron chi connectivity index (χ0n) is 42.0. The quantitative estimate of drug-likeness (QED) is 0.0533. The van der Waals surface area contributed by atoms with Crippen LogP contribution in [0.2, 0.25) is 0 Å². The normalized spacial score (nSPS) is 19.8. The first-order valence-electron chi connectivity index (χ1n) is 25.1. The van der Waals surface area contributed by atoms with Gasteiger partial charge < -0.3 is 61.4 Å². The van der Waals surface area contributed by atoms with Crippen molar-refractivity contribution < 1.29 is 43.3 Å². The molecule has 0 spiro atoms. The van der Waals surface area contributed by atoms with E-state index in [-0.39, 0.29) is 56.6 Å². The van der Waals surface area contributed by atoms with Gasteiger partial charge in [0.1, 0.15) is 36.0 Å². The lowest BCUT2D eigenvalue weighted by atomic mass is 9.68. The van der Waals surface area contributed by atoms with Crippen LogP contribution in [0, 0.1) is 5.41 Å². The molecule has 2 aromatic heterocycles. The Morgan fingerprint density at radius 2 is 1.67 bits per heavy atom. The minimum atomic E-state index is -1.55. The molecule has 4 aromatic rings. The number of piperazine rings is 2. The summed E-state index contributed by atoms with van der Waals surface area (Å²) in [6, 6.07) is 19.6. The Balaban J connectivity index is 0.853. The van der Waals surface area contributed by atoms with Crippen LogP contribution >= 0.6 is 0 Å². The lowest BCUT2D eigenvalue weighted by Crippen LogP contribution is -2.55. The van der Waals surface area contributed by atoms with Gasteiger partial charge in [-0.05, 0) is 108 Å². The largest absolute Gasteiger partial charge is 0.488 e. The molecule has 3 unspecified atom stereocenters. The van der Waals surface area contributed by atoms with Crippen molar-refractivity contribution in [2.24, 2.45) is 11.1 Å². The maximum Gasteiger partial charge on any atom is 0.410 e. The lowest BCUT2D eigenvalue weighted by Gasteiger charge is -2.43. The van der Waals surface area contributed by atoms with Crippen LogP contribution in [-0.2, 0) is 25.7 Å². The molecule has 2 aromatic carbocycles. The third-order valence-corrected chi connectivity index (χ3v) is 14.1. The van der Waals surface area contributed by atoms with Gasteiger partial charge in [0.05, 0.1) is 11.4 Å². The fourth-order valence-corrected chi connectivity index (χ4v) is 10.1. The Morgan fingerprint density at radius 1 is 0.932 bits per heavy atom. The number of nitrogens with zero attached hydrogens (tertiary/aromatic N) is 7. The first kappa shape index (κ1) is 51.9. The van der Waals surface area contributed by atoms with E-state index in [2.05, 4.69) is 52.8 Å². The highest BCUT2D eigenvalue weighted by atomic mass is 16.6. The Labute approximate surface area is 425 Å². The third kappa shape index (κ3) is 12.6. The molecular formula is C52H68N12O9. The van der Waals surface area contributed by atoms with Gasteiger partial charge >= 0.3 is 18.1 Å². The molecule has 8 rings (SSSR count). The highest BCUT2D eigenvalue weighted by molar-refractivity contribution is 6.05. The van der Waals surface area contributed by atoms with E-state index in [1.165, 1.54) is 0 Å². The zero-order chi connectivity index (χ0) is 51.9. The number of para-hydroxylation sites is 1. The number of aliphatic carboxylic acids is 1. The highest BCUT2D eigenvalue weighted by Crippen LogP contribution is 2.42. The summed E-state index contributed by atoms with van der Waals surface area (Å²) in [6.07, 6.45) is 5.03. The van der Waals surface area contributed by atoms with Crippen molar-refractivity contribution in [1.82, 2.24) is 35.6 Å². The molecule has 4 atom stereocenters. The SMILES string of the molecule is C[C@@H]1CN(C(=O)OC(C)(C)C)CCN1CCOc1cc(N2C3CCC2CN(c2cc(-c4ccccc4OCc4ccc(NC(=O)C(CCCNC(N)=O)NC(=O)C5(C(=O)O)CCC5)cc4)nnc2N)C3)ccn1. The predicted octanol–water partition coefficient (Wildman–Crippen LogP) is 5.00. The summed E-state index contributed by atoms with van der Waals surface area (Å²) in [5.41, 5.74) is 14.2. The second kappa shape index (κ2) is 22.6. The molecule has 0 radical (unpaired) electrons. The van der Waals surface area contributed by atoms with Gasteiger partial charge in [0.2, 0.25) is 17.7 Å². The van der Waals surface area contributed by atoms with Crippen molar-refractivity contribution in [3.05, 3.63) is 78.5 Å². The van der Waals surface area contributed by atoms with Crippen LogP contribution in [0.3, 0.4) is 0 Å². The predicted molar refractivity (Wildman–Crippen MR) is 274 cm³/mol. The molecule has 21 nitrogen and oxygen atoms in total. The number of carboxylic acid groups (broad SMARTS) is 1. The number of carbonyl (C=O) groups is 5. The van der Waals surface area contributed by atoms with Crippen molar-refractivity contribution >= 4 is 52.8 Å². The van der Waals surface area contributed by atoms with Crippen LogP contribution in [0.5, 0.6) is 11.6 Å². The van der Waals surface area contributed by atoms with E-state index in [4.69, 9.17) is 25.7 Å². The van der Waals surface area contributed by atoms with Gasteiger partial charge in [-0.15, -0.1) is 10.2 Å². The number of ether oxygens (including phenoxy) is 3. The Bertz CT molecular complexity index is 2610. The number of nitrogen functional groups attached to an aromatic ring is 1. The van der Waals surface area contributed by atoms with E-state index in [1.807, 2.05) is 75.4 Å². The van der Waals surface area contributed by atoms with Crippen molar-refractivity contribution in [3.63, 3.8) is 0 Å². The molecule has 390 valence electrons. The smallest absolute Gasteiger partial charge is 0.410 e. The van der Waals surface area contributed by atoms with Gasteiger partial charge in [-0.2, -0.15) is 0 Å². The van der Waals surface area contributed by atoms with E-state index in [9.17, 15) is 29.1 Å². The summed E-state index contributed by atoms with van der Waals surface area (Å²) < 4.78 is 18.2. The van der Waals surface area contributed by atoms with E-state index in [1.54, 1.807) is 23.2 Å². The number of hydrogen-bond acceptors (Lipinski definition) is 15. The Morgan fingerprint density at radius 3 is 2.34 bits per heavy atom. The fraction of sp³-hybridized carbons (Fsp3) is 0.500. The number of nitrogens with one attached hydrogen (secondary N) is 3. The molecule has 1 aliphatic carbocycles. The molecule has 5 heterocycles. The molecule has 2 bridgehead atoms. The van der Waals surface area contributed by atoms with E-state index >= 15 is 0 Å². The number of nitrogens with two attached hydrogens (primary N) is 2. The molecule has 3 saturated heterocycles. The van der Waals surface area contributed by atoms with Crippen LogP contribution in [0.25, 0.3) is 11.3 Å². The number of urea groups is 1. The number of carboxylic acids is 1. The number of rotatable bonds is 19. The molecule has 21 heteroatoms. The Kier molecular flexibility index (Phi) is 16.0. The summed E-state index contributed by atoms with van der Waals surface area (Å²) in [7, 11) is 0. The standard InChI is InChI=1S/C52H68N12O9/c1-33-29-62(50(70)73-51(2,3)4)24-23-61(33)25-26-71-44-27-36(18-22-55-44)64-37-16-17-38(64)31-63(30-37)42-28-41(59-60-45(42)53)39-9-5-6-11-43(39)72-32-34-12-14-35(15-13-34)57-46(65)40(10-7-21-56-49(54)69)58-47(66)52(48(67)68)19-8-20-52/h5-6,9,11-15,18,22,27-28,33,37-38,40H,7-8,10,16-17,19-21,23-26,29-32H2,1-4H3,(H2,53,60)(H,57,65)(H,58,66)(H,67,68)(H3,54,56,69)/t33-,37?,38?,40?/m1/s1. The van der Waals surface area contributed by atoms with Crippen LogP contribution in [-0.4, -0.2) is 142 Å². The molecule has 8 N–H and O–H groups in total. The average molecular weight is 1010 g/mol. The van der Waals surface area contributed by atoms with Crippen LogP contribution < -0.4 is 46.7 Å². The number of benzene rings is 2. The number of fused-ring (bicyclic) bond motifs is 2. The molecule has 1 saturated carbocycles. The number of carbonyl (C=O) groups excluding carboxylic acids is 4. The molecule has 3 aliphatic heterocycles. The fourth-order valence-electron chi connectivity index (χ4n) is 10.1. The number of primary amides is 1. The number of amides is 5. The number of anilines is 4. The van der Waals surface area contributed by atoms with Crippen molar-refractivity contribution in [3.8, 4) is 22.9 Å². The van der Waals surface area contributed by atoms with Crippen molar-refractivity contribution in [1.29, 1.82) is 0 Å².